The van der Waals surface area contributed by atoms with Gasteiger partial charge in [0.2, 0.25) is 0 Å². The molecule has 0 bridgehead atoms. The summed E-state index contributed by atoms with van der Waals surface area (Å²) in [6, 6.07) is 7.37. The topological polar surface area (TPSA) is 30.2 Å². The fourth-order valence-corrected chi connectivity index (χ4v) is 1.72. The van der Waals surface area contributed by atoms with Crippen molar-refractivity contribution in [2.45, 2.75) is 6.92 Å². The molecule has 0 saturated heterocycles. The van der Waals surface area contributed by atoms with E-state index in [-0.39, 0.29) is 5.78 Å². The third-order valence-electron chi connectivity index (χ3n) is 1.89. The van der Waals surface area contributed by atoms with E-state index >= 15 is 0 Å². The third-order valence-corrected chi connectivity index (χ3v) is 2.28. The van der Waals surface area contributed by atoms with Gasteiger partial charge in [0, 0.05) is 5.39 Å². The number of hydrogen-bond donors (Lipinski definition) is 0. The maximum Gasteiger partial charge on any atom is 0.170 e. The monoisotopic (exact) mass is 238 g/mol. The van der Waals surface area contributed by atoms with E-state index in [0.717, 1.165) is 5.39 Å². The Morgan fingerprint density at radius 3 is 2.92 bits per heavy atom. The van der Waals surface area contributed by atoms with Crippen LogP contribution in [0.15, 0.2) is 33.4 Å². The lowest BCUT2D eigenvalue weighted by Crippen LogP contribution is -1.90. The van der Waals surface area contributed by atoms with E-state index in [1.165, 1.54) is 6.92 Å². The highest BCUT2D eigenvalue weighted by molar-refractivity contribution is 9.10. The summed E-state index contributed by atoms with van der Waals surface area (Å²) < 4.78 is 6.01. The van der Waals surface area contributed by atoms with Crippen LogP contribution in [0, 0.1) is 0 Å². The van der Waals surface area contributed by atoms with E-state index in [9.17, 15) is 4.79 Å². The Labute approximate surface area is 83.7 Å². The number of furan rings is 1. The number of hydrogen-bond acceptors (Lipinski definition) is 2. The fraction of sp³-hybridized carbons (Fsp3) is 0.100. The summed E-state index contributed by atoms with van der Waals surface area (Å²) >= 11 is 3.23. The Morgan fingerprint density at radius 2 is 2.23 bits per heavy atom. The van der Waals surface area contributed by atoms with Crippen LogP contribution in [-0.4, -0.2) is 5.78 Å². The summed E-state index contributed by atoms with van der Waals surface area (Å²) in [5, 5.41) is 0.944. The number of rotatable bonds is 1. The van der Waals surface area contributed by atoms with Crippen LogP contribution in [0.4, 0.5) is 0 Å². The van der Waals surface area contributed by atoms with Gasteiger partial charge in [0.1, 0.15) is 5.58 Å². The van der Waals surface area contributed by atoms with Crippen molar-refractivity contribution in [3.8, 4) is 0 Å². The molecule has 2 aromatic rings. The summed E-state index contributed by atoms with van der Waals surface area (Å²) in [6.45, 7) is 1.53. The first kappa shape index (κ1) is 8.51. The van der Waals surface area contributed by atoms with E-state index < -0.39 is 0 Å². The number of ketones is 1. The van der Waals surface area contributed by atoms with Crippen LogP contribution in [0.3, 0.4) is 0 Å². The maximum atomic E-state index is 11.2. The van der Waals surface area contributed by atoms with E-state index in [2.05, 4.69) is 15.9 Å². The number of carbonyl (C=O) groups is 1. The first-order valence-electron chi connectivity index (χ1n) is 3.87. The molecule has 1 aromatic carbocycles. The molecular weight excluding hydrogens is 232 g/mol. The molecule has 0 saturated carbocycles. The van der Waals surface area contributed by atoms with E-state index in [4.69, 9.17) is 4.42 Å². The minimum Gasteiger partial charge on any atom is -0.449 e. The largest absolute Gasteiger partial charge is 0.449 e. The Kier molecular flexibility index (Phi) is 1.96. The minimum absolute atomic E-state index is 0.0208. The summed E-state index contributed by atoms with van der Waals surface area (Å²) in [7, 11) is 0. The van der Waals surface area contributed by atoms with Crippen LogP contribution in [0.2, 0.25) is 0 Å². The van der Waals surface area contributed by atoms with Gasteiger partial charge in [0.15, 0.2) is 10.5 Å². The lowest BCUT2D eigenvalue weighted by molar-refractivity contribution is 0.101. The predicted octanol–water partition coefficient (Wildman–Crippen LogP) is 3.40. The molecular formula is C10H7BrO2. The zero-order chi connectivity index (χ0) is 9.42. The highest BCUT2D eigenvalue weighted by atomic mass is 79.9. The molecule has 66 valence electrons. The van der Waals surface area contributed by atoms with Gasteiger partial charge in [-0.25, -0.2) is 0 Å². The van der Waals surface area contributed by atoms with Crippen LogP contribution >= 0.6 is 15.9 Å². The molecule has 0 aliphatic carbocycles. The molecule has 2 nitrogen and oxygen atoms in total. The molecule has 3 heteroatoms. The zero-order valence-electron chi connectivity index (χ0n) is 7.00. The molecule has 0 aliphatic rings. The Balaban J connectivity index is 2.82. The van der Waals surface area contributed by atoms with Crippen molar-refractivity contribution in [3.63, 3.8) is 0 Å². The molecule has 0 fully saturated rings. The van der Waals surface area contributed by atoms with Crippen molar-refractivity contribution in [2.75, 3.05) is 0 Å². The minimum atomic E-state index is 0.0208. The number of carbonyl (C=O) groups excluding carboxylic acids is 1. The highest BCUT2D eigenvalue weighted by Gasteiger charge is 2.09. The normalized spacial score (nSPS) is 10.6. The molecule has 0 atom stereocenters. The van der Waals surface area contributed by atoms with Crippen molar-refractivity contribution in [3.05, 3.63) is 34.5 Å². The summed E-state index contributed by atoms with van der Waals surface area (Å²) in [5.41, 5.74) is 1.28. The van der Waals surface area contributed by atoms with Gasteiger partial charge >= 0.3 is 0 Å². The van der Waals surface area contributed by atoms with E-state index in [1.54, 1.807) is 6.07 Å². The zero-order valence-corrected chi connectivity index (χ0v) is 8.59. The molecule has 0 unspecified atom stereocenters. The lowest BCUT2D eigenvalue weighted by Gasteiger charge is -1.94. The second kappa shape index (κ2) is 3.00. The molecule has 1 heterocycles. The van der Waals surface area contributed by atoms with Gasteiger partial charge in [-0.1, -0.05) is 12.1 Å². The van der Waals surface area contributed by atoms with Crippen LogP contribution in [0.5, 0.6) is 0 Å². The van der Waals surface area contributed by atoms with Gasteiger partial charge in [-0.2, -0.15) is 0 Å². The number of fused-ring (bicyclic) bond motifs is 1. The highest BCUT2D eigenvalue weighted by Crippen LogP contribution is 2.26. The average Bonchev–Trinajstić information content (AvgIpc) is 2.43. The first-order chi connectivity index (χ1) is 6.18. The van der Waals surface area contributed by atoms with Gasteiger partial charge in [-0.3, -0.25) is 4.79 Å². The Bertz CT molecular complexity index is 471. The van der Waals surface area contributed by atoms with Crippen molar-refractivity contribution >= 4 is 32.7 Å². The van der Waals surface area contributed by atoms with Gasteiger partial charge in [0.05, 0.1) is 5.56 Å². The number of halogens is 1. The second-order valence-corrected chi connectivity index (χ2v) is 3.61. The smallest absolute Gasteiger partial charge is 0.170 e. The van der Waals surface area contributed by atoms with Crippen LogP contribution in [-0.2, 0) is 0 Å². The number of benzene rings is 1. The van der Waals surface area contributed by atoms with Gasteiger partial charge in [0.25, 0.3) is 0 Å². The van der Waals surface area contributed by atoms with Crippen molar-refractivity contribution < 1.29 is 9.21 Å². The van der Waals surface area contributed by atoms with E-state index in [0.29, 0.717) is 15.8 Å². The molecule has 13 heavy (non-hydrogen) atoms. The van der Waals surface area contributed by atoms with Crippen molar-refractivity contribution in [1.29, 1.82) is 0 Å². The predicted molar refractivity (Wildman–Crippen MR) is 53.9 cm³/mol. The average molecular weight is 239 g/mol. The Hall–Kier alpha value is -1.09. The van der Waals surface area contributed by atoms with Crippen molar-refractivity contribution in [1.82, 2.24) is 0 Å². The van der Waals surface area contributed by atoms with Gasteiger partial charge in [-0.15, -0.1) is 0 Å². The third kappa shape index (κ3) is 1.40. The molecule has 0 N–H and O–H groups in total. The van der Waals surface area contributed by atoms with Gasteiger partial charge in [-0.05, 0) is 35.0 Å². The van der Waals surface area contributed by atoms with Gasteiger partial charge < -0.3 is 4.42 Å². The molecule has 0 aliphatic heterocycles. The molecule has 0 radical (unpaired) electrons. The summed E-state index contributed by atoms with van der Waals surface area (Å²) in [6.07, 6.45) is 0. The molecule has 2 rings (SSSR count). The number of para-hydroxylation sites is 1. The van der Waals surface area contributed by atoms with Crippen LogP contribution in [0.25, 0.3) is 11.0 Å². The number of Topliss-reactive ketones (excluding diaryl/α,β-unsaturated/α-hetero) is 1. The van der Waals surface area contributed by atoms with Crippen LogP contribution < -0.4 is 0 Å². The second-order valence-electron chi connectivity index (χ2n) is 2.83. The lowest BCUT2D eigenvalue weighted by atomic mass is 10.1. The first-order valence-corrected chi connectivity index (χ1v) is 4.67. The standard InChI is InChI=1S/C10H7BrO2/c1-6(12)8-4-2-3-7-5-9(11)13-10(7)8/h2-5H,1H3. The van der Waals surface area contributed by atoms with E-state index in [1.807, 2.05) is 18.2 Å². The van der Waals surface area contributed by atoms with Crippen LogP contribution in [0.1, 0.15) is 17.3 Å². The summed E-state index contributed by atoms with van der Waals surface area (Å²) in [4.78, 5) is 11.2. The Morgan fingerprint density at radius 1 is 1.46 bits per heavy atom. The maximum absolute atomic E-state index is 11.2. The fourth-order valence-electron chi connectivity index (χ4n) is 1.31. The molecule has 0 amide bonds. The summed E-state index contributed by atoms with van der Waals surface area (Å²) in [5.74, 6) is 0.0208. The molecule has 0 spiro atoms. The quantitative estimate of drug-likeness (QED) is 0.714. The SMILES string of the molecule is CC(=O)c1cccc2cc(Br)oc12. The molecule has 1 aromatic heterocycles. The van der Waals surface area contributed by atoms with Crippen molar-refractivity contribution in [2.24, 2.45) is 0 Å².